The van der Waals surface area contributed by atoms with E-state index in [4.69, 9.17) is 4.74 Å². The largest absolute Gasteiger partial charge is 0.379 e. The predicted octanol–water partition coefficient (Wildman–Crippen LogP) is 2.18. The van der Waals surface area contributed by atoms with E-state index in [1.54, 1.807) is 12.3 Å². The van der Waals surface area contributed by atoms with E-state index in [-0.39, 0.29) is 11.7 Å². The highest BCUT2D eigenvalue weighted by Crippen LogP contribution is 2.32. The number of amides is 1. The Kier molecular flexibility index (Phi) is 4.46. The second kappa shape index (κ2) is 6.90. The Balaban J connectivity index is 1.69. The first-order chi connectivity index (χ1) is 12.2. The molecular weight excluding hydrogens is 321 g/mol. The van der Waals surface area contributed by atoms with Crippen molar-refractivity contribution < 1.29 is 13.9 Å². The Bertz CT molecular complexity index is 777. The fourth-order valence-corrected chi connectivity index (χ4v) is 3.63. The highest BCUT2D eigenvalue weighted by atomic mass is 19.1. The molecule has 2 aliphatic rings. The van der Waals surface area contributed by atoms with Crippen molar-refractivity contribution >= 4 is 11.6 Å². The highest BCUT2D eigenvalue weighted by molar-refractivity contribution is 5.99. The average Bonchev–Trinajstić information content (AvgIpc) is 3.07. The van der Waals surface area contributed by atoms with Crippen LogP contribution in [-0.4, -0.2) is 48.6 Å². The molecule has 0 aliphatic carbocycles. The summed E-state index contributed by atoms with van der Waals surface area (Å²) >= 11 is 0. The van der Waals surface area contributed by atoms with Gasteiger partial charge in [-0.05, 0) is 35.7 Å². The van der Waals surface area contributed by atoms with Crippen LogP contribution in [0.25, 0.3) is 0 Å². The minimum atomic E-state index is -0.501. The fraction of sp³-hybridized carbons (Fsp3) is 0.368. The summed E-state index contributed by atoms with van der Waals surface area (Å²) in [5.41, 5.74) is 2.68. The fourth-order valence-electron chi connectivity index (χ4n) is 3.63. The van der Waals surface area contributed by atoms with Crippen molar-refractivity contribution in [1.82, 2.24) is 9.88 Å². The van der Waals surface area contributed by atoms with Gasteiger partial charge in [-0.1, -0.05) is 12.1 Å². The second-order valence-electron chi connectivity index (χ2n) is 6.35. The van der Waals surface area contributed by atoms with Crippen LogP contribution in [0.15, 0.2) is 42.7 Å². The number of hydrogen-bond donors (Lipinski definition) is 0. The normalized spacial score (nSPS) is 18.8. The minimum absolute atomic E-state index is 0.0162. The van der Waals surface area contributed by atoms with Gasteiger partial charge in [-0.15, -0.1) is 0 Å². The van der Waals surface area contributed by atoms with Crippen molar-refractivity contribution in [2.75, 3.05) is 37.7 Å². The first-order valence-electron chi connectivity index (χ1n) is 8.55. The Hall–Kier alpha value is -2.31. The molecule has 1 amide bonds. The number of ether oxygens (including phenoxy) is 1. The number of carbonyl (C=O) groups excluding carboxylic acids is 1. The van der Waals surface area contributed by atoms with Crippen molar-refractivity contribution in [1.29, 1.82) is 0 Å². The van der Waals surface area contributed by atoms with Gasteiger partial charge in [0.1, 0.15) is 11.9 Å². The number of carbonyl (C=O) groups is 1. The van der Waals surface area contributed by atoms with Crippen LogP contribution < -0.4 is 4.90 Å². The number of pyridine rings is 1. The number of fused-ring (bicyclic) bond motifs is 1. The molecular formula is C19H20FN3O2. The van der Waals surface area contributed by atoms with Gasteiger partial charge in [0, 0.05) is 32.0 Å². The van der Waals surface area contributed by atoms with E-state index in [2.05, 4.69) is 9.88 Å². The van der Waals surface area contributed by atoms with Crippen LogP contribution in [0.2, 0.25) is 0 Å². The SMILES string of the molecule is O=C(C(c1cccc(F)c1)N1CCOCC1)N1CCc2cnccc21. The molecule has 4 rings (SSSR count). The third-order valence-electron chi connectivity index (χ3n) is 4.85. The number of anilines is 1. The van der Waals surface area contributed by atoms with Gasteiger partial charge >= 0.3 is 0 Å². The van der Waals surface area contributed by atoms with Crippen LogP contribution >= 0.6 is 0 Å². The molecule has 0 bridgehead atoms. The summed E-state index contributed by atoms with van der Waals surface area (Å²) in [7, 11) is 0. The highest BCUT2D eigenvalue weighted by Gasteiger charge is 2.35. The molecule has 0 radical (unpaired) electrons. The van der Waals surface area contributed by atoms with Gasteiger partial charge in [-0.25, -0.2) is 4.39 Å². The molecule has 130 valence electrons. The molecule has 25 heavy (non-hydrogen) atoms. The van der Waals surface area contributed by atoms with Crippen molar-refractivity contribution in [3.63, 3.8) is 0 Å². The van der Waals surface area contributed by atoms with Gasteiger partial charge < -0.3 is 9.64 Å². The molecule has 1 atom stereocenters. The molecule has 1 saturated heterocycles. The molecule has 0 spiro atoms. The van der Waals surface area contributed by atoms with Crippen LogP contribution in [-0.2, 0) is 16.0 Å². The number of rotatable bonds is 3. The Morgan fingerprint density at radius 1 is 1.20 bits per heavy atom. The van der Waals surface area contributed by atoms with E-state index < -0.39 is 6.04 Å². The minimum Gasteiger partial charge on any atom is -0.379 e. The van der Waals surface area contributed by atoms with Gasteiger partial charge in [0.05, 0.1) is 18.9 Å². The number of nitrogens with zero attached hydrogens (tertiary/aromatic N) is 3. The van der Waals surface area contributed by atoms with Gasteiger partial charge in [0.25, 0.3) is 0 Å². The van der Waals surface area contributed by atoms with E-state index in [9.17, 15) is 9.18 Å². The molecule has 3 heterocycles. The zero-order chi connectivity index (χ0) is 17.2. The van der Waals surface area contributed by atoms with Gasteiger partial charge in [-0.3, -0.25) is 14.7 Å². The van der Waals surface area contributed by atoms with Crippen LogP contribution in [0.3, 0.4) is 0 Å². The molecule has 1 aromatic heterocycles. The summed E-state index contributed by atoms with van der Waals surface area (Å²) in [5, 5.41) is 0. The van der Waals surface area contributed by atoms with Crippen LogP contribution in [0.1, 0.15) is 17.2 Å². The zero-order valence-electron chi connectivity index (χ0n) is 13.9. The predicted molar refractivity (Wildman–Crippen MR) is 91.8 cm³/mol. The van der Waals surface area contributed by atoms with E-state index in [0.717, 1.165) is 17.7 Å². The first kappa shape index (κ1) is 16.2. The van der Waals surface area contributed by atoms with Gasteiger partial charge in [-0.2, -0.15) is 0 Å². The summed E-state index contributed by atoms with van der Waals surface area (Å²) < 4.78 is 19.2. The number of morpholine rings is 1. The van der Waals surface area contributed by atoms with E-state index in [0.29, 0.717) is 38.4 Å². The summed E-state index contributed by atoms with van der Waals surface area (Å²) in [6.07, 6.45) is 4.32. The van der Waals surface area contributed by atoms with E-state index in [1.165, 1.54) is 12.1 Å². The van der Waals surface area contributed by atoms with Crippen molar-refractivity contribution in [2.24, 2.45) is 0 Å². The molecule has 2 aliphatic heterocycles. The maximum Gasteiger partial charge on any atom is 0.248 e. The summed E-state index contributed by atoms with van der Waals surface area (Å²) in [5.74, 6) is -0.341. The summed E-state index contributed by atoms with van der Waals surface area (Å²) in [6.45, 7) is 3.11. The van der Waals surface area contributed by atoms with Crippen molar-refractivity contribution in [2.45, 2.75) is 12.5 Å². The molecule has 2 aromatic rings. The Morgan fingerprint density at radius 3 is 2.84 bits per heavy atom. The third kappa shape index (κ3) is 3.15. The molecule has 1 unspecified atom stereocenters. The second-order valence-corrected chi connectivity index (χ2v) is 6.35. The molecule has 6 heteroatoms. The zero-order valence-corrected chi connectivity index (χ0v) is 13.9. The lowest BCUT2D eigenvalue weighted by Crippen LogP contribution is -2.47. The summed E-state index contributed by atoms with van der Waals surface area (Å²) in [4.78, 5) is 21.5. The van der Waals surface area contributed by atoms with Gasteiger partial charge in [0.2, 0.25) is 5.91 Å². The van der Waals surface area contributed by atoms with E-state index >= 15 is 0 Å². The maximum atomic E-state index is 13.8. The van der Waals surface area contributed by atoms with Gasteiger partial charge in [0.15, 0.2) is 0 Å². The number of hydrogen-bond acceptors (Lipinski definition) is 4. The van der Waals surface area contributed by atoms with Crippen LogP contribution in [0.5, 0.6) is 0 Å². The lowest BCUT2D eigenvalue weighted by molar-refractivity contribution is -0.125. The number of benzene rings is 1. The van der Waals surface area contributed by atoms with E-state index in [1.807, 2.05) is 23.2 Å². The Labute approximate surface area is 146 Å². The molecule has 0 N–H and O–H groups in total. The molecule has 1 fully saturated rings. The number of halogens is 1. The maximum absolute atomic E-state index is 13.8. The third-order valence-corrected chi connectivity index (χ3v) is 4.85. The molecule has 5 nitrogen and oxygen atoms in total. The van der Waals surface area contributed by atoms with Crippen LogP contribution in [0.4, 0.5) is 10.1 Å². The Morgan fingerprint density at radius 2 is 2.04 bits per heavy atom. The standard InChI is InChI=1S/C19H20FN3O2/c20-16-3-1-2-14(12-16)18(22-8-10-25-11-9-22)19(24)23-7-5-15-13-21-6-4-17(15)23/h1-4,6,12-13,18H,5,7-11H2. The number of aromatic nitrogens is 1. The molecule has 0 saturated carbocycles. The average molecular weight is 341 g/mol. The van der Waals surface area contributed by atoms with Crippen LogP contribution in [0, 0.1) is 5.82 Å². The summed E-state index contributed by atoms with van der Waals surface area (Å²) in [6, 6.07) is 7.72. The first-order valence-corrected chi connectivity index (χ1v) is 8.55. The van der Waals surface area contributed by atoms with Crippen molar-refractivity contribution in [3.8, 4) is 0 Å². The quantitative estimate of drug-likeness (QED) is 0.858. The smallest absolute Gasteiger partial charge is 0.248 e. The lowest BCUT2D eigenvalue weighted by atomic mass is 10.0. The topological polar surface area (TPSA) is 45.7 Å². The van der Waals surface area contributed by atoms with Crippen molar-refractivity contribution in [3.05, 3.63) is 59.7 Å². The molecule has 1 aromatic carbocycles. The lowest BCUT2D eigenvalue weighted by Gasteiger charge is -2.36. The monoisotopic (exact) mass is 341 g/mol.